The first-order valence-electron chi connectivity index (χ1n) is 13.1. The second kappa shape index (κ2) is 9.21. The van der Waals surface area contributed by atoms with Crippen LogP contribution >= 0.6 is 0 Å². The van der Waals surface area contributed by atoms with E-state index in [9.17, 15) is 0 Å². The second-order valence-corrected chi connectivity index (χ2v) is 9.83. The van der Waals surface area contributed by atoms with Crippen molar-refractivity contribution in [3.05, 3.63) is 180 Å². The molecule has 1 aliphatic carbocycles. The Morgan fingerprint density at radius 2 is 0.974 bits per heavy atom. The molecule has 0 amide bonds. The van der Waals surface area contributed by atoms with E-state index >= 15 is 0 Å². The van der Waals surface area contributed by atoms with E-state index in [0.29, 0.717) is 0 Å². The summed E-state index contributed by atoms with van der Waals surface area (Å²) in [5.41, 5.74) is 11.9. The van der Waals surface area contributed by atoms with Crippen LogP contribution in [0.2, 0.25) is 0 Å². The molecule has 0 aromatic heterocycles. The summed E-state index contributed by atoms with van der Waals surface area (Å²) in [5, 5.41) is 3.80. The van der Waals surface area contributed by atoms with Crippen molar-refractivity contribution in [3.8, 4) is 22.3 Å². The maximum Gasteiger partial charge on any atom is 0.0714 e. The third-order valence-electron chi connectivity index (χ3n) is 7.73. The number of anilines is 2. The molecule has 6 aromatic carbocycles. The first-order chi connectivity index (χ1) is 18.9. The standard InChI is InChI=1S/C37H27N/c1-4-14-27(15-5-1)28-16-12-21-31(26-28)38-35-25-13-24-34-36(35)32-22-10-11-23-33(32)37(34,29-17-6-2-7-18-29)30-19-8-3-9-20-30/h1-26,38H. The smallest absolute Gasteiger partial charge is 0.0714 e. The second-order valence-electron chi connectivity index (χ2n) is 9.83. The van der Waals surface area contributed by atoms with E-state index in [4.69, 9.17) is 0 Å². The van der Waals surface area contributed by atoms with Gasteiger partial charge in [0.15, 0.2) is 0 Å². The van der Waals surface area contributed by atoms with Gasteiger partial charge in [-0.15, -0.1) is 0 Å². The van der Waals surface area contributed by atoms with Crippen LogP contribution in [0.25, 0.3) is 22.3 Å². The molecule has 1 heteroatoms. The normalized spacial score (nSPS) is 12.9. The molecular weight excluding hydrogens is 458 g/mol. The first-order valence-corrected chi connectivity index (χ1v) is 13.1. The Kier molecular flexibility index (Phi) is 5.41. The lowest BCUT2D eigenvalue weighted by atomic mass is 9.68. The largest absolute Gasteiger partial charge is 0.355 e. The maximum absolute atomic E-state index is 3.80. The topological polar surface area (TPSA) is 12.0 Å². The fourth-order valence-corrected chi connectivity index (χ4v) is 6.16. The highest BCUT2D eigenvalue weighted by molar-refractivity contribution is 5.94. The first kappa shape index (κ1) is 22.3. The van der Waals surface area contributed by atoms with Gasteiger partial charge in [0.1, 0.15) is 0 Å². The Morgan fingerprint density at radius 3 is 1.68 bits per heavy atom. The Hall–Kier alpha value is -4.88. The fourth-order valence-electron chi connectivity index (χ4n) is 6.16. The number of rotatable bonds is 5. The quantitative estimate of drug-likeness (QED) is 0.256. The van der Waals surface area contributed by atoms with Gasteiger partial charge in [-0.25, -0.2) is 0 Å². The molecule has 0 aliphatic heterocycles. The molecule has 1 nitrogen and oxygen atoms in total. The molecule has 180 valence electrons. The average molecular weight is 486 g/mol. The van der Waals surface area contributed by atoms with Gasteiger partial charge in [-0.1, -0.05) is 140 Å². The summed E-state index contributed by atoms with van der Waals surface area (Å²) < 4.78 is 0. The number of fused-ring (bicyclic) bond motifs is 3. The van der Waals surface area contributed by atoms with Crippen LogP contribution in [0.4, 0.5) is 11.4 Å². The van der Waals surface area contributed by atoms with Crippen LogP contribution in [0.5, 0.6) is 0 Å². The zero-order valence-electron chi connectivity index (χ0n) is 21.0. The summed E-state index contributed by atoms with van der Waals surface area (Å²) in [7, 11) is 0. The lowest BCUT2D eigenvalue weighted by Gasteiger charge is -2.33. The minimum atomic E-state index is -0.391. The van der Waals surface area contributed by atoms with Crippen LogP contribution in [0.3, 0.4) is 0 Å². The van der Waals surface area contributed by atoms with Crippen LogP contribution in [0.1, 0.15) is 22.3 Å². The lowest BCUT2D eigenvalue weighted by molar-refractivity contribution is 0.768. The van der Waals surface area contributed by atoms with Gasteiger partial charge in [-0.3, -0.25) is 0 Å². The van der Waals surface area contributed by atoms with E-state index in [1.807, 2.05) is 0 Å². The molecule has 0 bridgehead atoms. The molecule has 1 N–H and O–H groups in total. The molecule has 0 spiro atoms. The highest BCUT2D eigenvalue weighted by Gasteiger charge is 2.46. The maximum atomic E-state index is 3.80. The van der Waals surface area contributed by atoms with E-state index in [-0.39, 0.29) is 0 Å². The van der Waals surface area contributed by atoms with E-state index < -0.39 is 5.41 Å². The minimum absolute atomic E-state index is 0.391. The third-order valence-corrected chi connectivity index (χ3v) is 7.73. The zero-order valence-corrected chi connectivity index (χ0v) is 21.0. The van der Waals surface area contributed by atoms with E-state index in [0.717, 1.165) is 11.4 Å². The van der Waals surface area contributed by atoms with Gasteiger partial charge in [0.25, 0.3) is 0 Å². The van der Waals surface area contributed by atoms with E-state index in [1.54, 1.807) is 0 Å². The summed E-state index contributed by atoms with van der Waals surface area (Å²) in [4.78, 5) is 0. The molecule has 0 atom stereocenters. The molecular formula is C37H27N. The van der Waals surface area contributed by atoms with Gasteiger partial charge in [0.05, 0.1) is 5.41 Å². The van der Waals surface area contributed by atoms with E-state index in [2.05, 4.69) is 163 Å². The number of nitrogens with one attached hydrogen (secondary N) is 1. The number of hydrogen-bond acceptors (Lipinski definition) is 1. The summed E-state index contributed by atoms with van der Waals surface area (Å²) in [5.74, 6) is 0. The molecule has 1 aliphatic rings. The van der Waals surface area contributed by atoms with Crippen LogP contribution in [-0.4, -0.2) is 0 Å². The predicted octanol–water partition coefficient (Wildman–Crippen LogP) is 9.46. The van der Waals surface area contributed by atoms with Crippen molar-refractivity contribution in [2.45, 2.75) is 5.41 Å². The summed E-state index contributed by atoms with van der Waals surface area (Å²) in [6, 6.07) is 56.7. The summed E-state index contributed by atoms with van der Waals surface area (Å²) in [6.45, 7) is 0. The summed E-state index contributed by atoms with van der Waals surface area (Å²) >= 11 is 0. The molecule has 0 radical (unpaired) electrons. The van der Waals surface area contributed by atoms with Crippen molar-refractivity contribution in [1.29, 1.82) is 0 Å². The molecule has 6 aromatic rings. The number of hydrogen-bond donors (Lipinski definition) is 1. The van der Waals surface area contributed by atoms with Crippen LogP contribution in [0.15, 0.2) is 158 Å². The van der Waals surface area contributed by atoms with Crippen LogP contribution in [0, 0.1) is 0 Å². The van der Waals surface area contributed by atoms with Crippen LogP contribution in [-0.2, 0) is 5.41 Å². The lowest BCUT2D eigenvalue weighted by Crippen LogP contribution is -2.28. The van der Waals surface area contributed by atoms with Crippen molar-refractivity contribution in [2.24, 2.45) is 0 Å². The molecule has 0 unspecified atom stereocenters. The van der Waals surface area contributed by atoms with E-state index in [1.165, 1.54) is 44.5 Å². The van der Waals surface area contributed by atoms with Crippen molar-refractivity contribution in [2.75, 3.05) is 5.32 Å². The monoisotopic (exact) mass is 485 g/mol. The third kappa shape index (κ3) is 3.48. The van der Waals surface area contributed by atoms with Gasteiger partial charge in [-0.2, -0.15) is 0 Å². The van der Waals surface area contributed by atoms with Crippen molar-refractivity contribution in [3.63, 3.8) is 0 Å². The molecule has 38 heavy (non-hydrogen) atoms. The molecule has 0 fully saturated rings. The van der Waals surface area contributed by atoms with Gasteiger partial charge >= 0.3 is 0 Å². The minimum Gasteiger partial charge on any atom is -0.355 e. The SMILES string of the molecule is c1ccc(-c2cccc(Nc3cccc4c3-c3ccccc3C4(c3ccccc3)c3ccccc3)c2)cc1. The fraction of sp³-hybridized carbons (Fsp3) is 0.0270. The molecule has 7 rings (SSSR count). The van der Waals surface area contributed by atoms with Crippen molar-refractivity contribution < 1.29 is 0 Å². The van der Waals surface area contributed by atoms with Crippen LogP contribution < -0.4 is 5.32 Å². The van der Waals surface area contributed by atoms with Crippen molar-refractivity contribution in [1.82, 2.24) is 0 Å². The van der Waals surface area contributed by atoms with Gasteiger partial charge < -0.3 is 5.32 Å². The highest BCUT2D eigenvalue weighted by Crippen LogP contribution is 2.58. The Bertz CT molecular complexity index is 1680. The molecule has 0 saturated carbocycles. The summed E-state index contributed by atoms with van der Waals surface area (Å²) in [6.07, 6.45) is 0. The zero-order chi connectivity index (χ0) is 25.4. The average Bonchev–Trinajstić information content (AvgIpc) is 3.31. The van der Waals surface area contributed by atoms with Crippen molar-refractivity contribution >= 4 is 11.4 Å². The van der Waals surface area contributed by atoms with Gasteiger partial charge in [0.2, 0.25) is 0 Å². The van der Waals surface area contributed by atoms with Gasteiger partial charge in [-0.05, 0) is 57.1 Å². The molecule has 0 saturated heterocycles. The molecule has 0 heterocycles. The van der Waals surface area contributed by atoms with Gasteiger partial charge in [0, 0.05) is 16.9 Å². The Labute approximate surface area is 224 Å². The highest BCUT2D eigenvalue weighted by atomic mass is 14.9. The Morgan fingerprint density at radius 1 is 0.421 bits per heavy atom. The predicted molar refractivity (Wildman–Crippen MR) is 159 cm³/mol. The number of benzene rings is 6. The Balaban J connectivity index is 1.45.